The lowest BCUT2D eigenvalue weighted by Gasteiger charge is -2.19. The van der Waals surface area contributed by atoms with Gasteiger partial charge < -0.3 is 9.64 Å². The summed E-state index contributed by atoms with van der Waals surface area (Å²) in [5.41, 5.74) is 0.960. The maximum Gasteiger partial charge on any atom is 0.291 e. The molecule has 1 aliphatic heterocycles. The van der Waals surface area contributed by atoms with Crippen LogP contribution in [-0.2, 0) is 4.79 Å². The summed E-state index contributed by atoms with van der Waals surface area (Å²) in [6.07, 6.45) is 2.94. The van der Waals surface area contributed by atoms with Crippen LogP contribution in [0.4, 0.5) is 4.79 Å². The van der Waals surface area contributed by atoms with Crippen molar-refractivity contribution in [3.63, 3.8) is 0 Å². The second-order valence-corrected chi connectivity index (χ2v) is 7.16. The van der Waals surface area contributed by atoms with E-state index in [4.69, 9.17) is 17.0 Å². The molecule has 1 aromatic rings. The van der Waals surface area contributed by atoms with Crippen molar-refractivity contribution in [2.75, 3.05) is 26.7 Å². The second kappa shape index (κ2) is 9.73. The predicted octanol–water partition coefficient (Wildman–Crippen LogP) is 4.18. The average molecular weight is 393 g/mol. The van der Waals surface area contributed by atoms with Gasteiger partial charge in [0.15, 0.2) is 0 Å². The molecular formula is C19H24N2O3S2. The molecule has 1 aromatic carbocycles. The number of carbonyl (C=O) groups is 2. The van der Waals surface area contributed by atoms with Gasteiger partial charge in [-0.15, -0.1) is 0 Å². The van der Waals surface area contributed by atoms with Gasteiger partial charge in [0, 0.05) is 26.1 Å². The van der Waals surface area contributed by atoms with Gasteiger partial charge in [-0.2, -0.15) is 0 Å². The molecule has 0 N–H and O–H groups in total. The molecule has 0 aromatic heterocycles. The van der Waals surface area contributed by atoms with E-state index < -0.39 is 0 Å². The summed E-state index contributed by atoms with van der Waals surface area (Å²) in [6, 6.07) is 7.58. The van der Waals surface area contributed by atoms with E-state index >= 15 is 0 Å². The molecule has 0 atom stereocenters. The number of rotatable bonds is 8. The Labute approximate surface area is 164 Å². The van der Waals surface area contributed by atoms with Gasteiger partial charge in [-0.25, -0.2) is 0 Å². The van der Waals surface area contributed by atoms with E-state index in [9.17, 15) is 9.59 Å². The molecular weight excluding hydrogens is 368 g/mol. The highest BCUT2D eigenvalue weighted by Crippen LogP contribution is 2.33. The molecule has 26 heavy (non-hydrogen) atoms. The molecule has 0 radical (unpaired) electrons. The average Bonchev–Trinajstić information content (AvgIpc) is 2.90. The number of ether oxygens (including phenoxy) is 1. The summed E-state index contributed by atoms with van der Waals surface area (Å²) in [6.45, 7) is 5.82. The summed E-state index contributed by atoms with van der Waals surface area (Å²) in [5.74, 6) is 0.901. The summed E-state index contributed by atoms with van der Waals surface area (Å²) in [5, 5.41) is -0.0787. The van der Waals surface area contributed by atoms with Crippen molar-refractivity contribution in [2.24, 2.45) is 0 Å². The summed E-state index contributed by atoms with van der Waals surface area (Å²) in [4.78, 5) is 29.0. The number of amides is 2. The first-order valence-electron chi connectivity index (χ1n) is 8.67. The van der Waals surface area contributed by atoms with E-state index in [0.717, 1.165) is 28.0 Å². The Balaban J connectivity index is 1.95. The molecule has 2 amide bonds. The van der Waals surface area contributed by atoms with Crippen LogP contribution in [0.5, 0.6) is 5.75 Å². The highest BCUT2D eigenvalue weighted by molar-refractivity contribution is 8.19. The molecule has 140 valence electrons. The molecule has 0 saturated carbocycles. The zero-order valence-electron chi connectivity index (χ0n) is 15.4. The number of hydrogen-bond acceptors (Lipinski definition) is 5. The molecule has 2 rings (SSSR count). The summed E-state index contributed by atoms with van der Waals surface area (Å²) < 4.78 is 5.15. The molecule has 1 heterocycles. The van der Waals surface area contributed by atoms with E-state index in [1.807, 2.05) is 44.2 Å². The van der Waals surface area contributed by atoms with Crippen molar-refractivity contribution in [2.45, 2.75) is 26.7 Å². The third-order valence-electron chi connectivity index (χ3n) is 4.18. The van der Waals surface area contributed by atoms with Gasteiger partial charge in [0.1, 0.15) is 10.7 Å². The minimum Gasteiger partial charge on any atom is -0.497 e. The molecule has 7 heteroatoms. The van der Waals surface area contributed by atoms with E-state index in [1.165, 1.54) is 0 Å². The second-order valence-electron chi connectivity index (χ2n) is 5.78. The Morgan fingerprint density at radius 1 is 1.27 bits per heavy atom. The molecule has 1 fully saturated rings. The smallest absolute Gasteiger partial charge is 0.291 e. The Kier molecular flexibility index (Phi) is 7.66. The van der Waals surface area contributed by atoms with Gasteiger partial charge in [-0.05, 0) is 55.8 Å². The molecule has 0 aliphatic carbocycles. The first-order chi connectivity index (χ1) is 12.5. The molecule has 0 unspecified atom stereocenters. The van der Waals surface area contributed by atoms with Gasteiger partial charge in [-0.3, -0.25) is 14.5 Å². The highest BCUT2D eigenvalue weighted by Gasteiger charge is 2.31. The Bertz CT molecular complexity index is 697. The van der Waals surface area contributed by atoms with Crippen LogP contribution in [0.1, 0.15) is 32.3 Å². The number of methoxy groups -OCH3 is 1. The fraction of sp³-hybridized carbons (Fsp3) is 0.421. The van der Waals surface area contributed by atoms with E-state index in [2.05, 4.69) is 0 Å². The topological polar surface area (TPSA) is 49.9 Å². The van der Waals surface area contributed by atoms with E-state index in [1.54, 1.807) is 16.9 Å². The zero-order chi connectivity index (χ0) is 19.1. The van der Waals surface area contributed by atoms with Gasteiger partial charge in [0.2, 0.25) is 5.91 Å². The van der Waals surface area contributed by atoms with Crippen LogP contribution in [0.2, 0.25) is 0 Å². The Hall–Kier alpha value is -1.86. The first-order valence-corrected chi connectivity index (χ1v) is 9.89. The fourth-order valence-electron chi connectivity index (χ4n) is 2.67. The monoisotopic (exact) mass is 392 g/mol. The highest BCUT2D eigenvalue weighted by atomic mass is 32.2. The molecule has 0 spiro atoms. The summed E-state index contributed by atoms with van der Waals surface area (Å²) >= 11 is 6.60. The normalized spacial score (nSPS) is 15.7. The van der Waals surface area contributed by atoms with Gasteiger partial charge in [0.05, 0.1) is 12.0 Å². The standard InChI is InChI=1S/C19H24N2O3S2/c1-4-20(5-2)17(22)7-6-12-21-18(25)16(26-19(21)23)13-14-8-10-15(24-3)11-9-14/h8-11,13H,4-7,12H2,1-3H3/b16-13+. The van der Waals surface area contributed by atoms with Crippen LogP contribution in [-0.4, -0.2) is 52.7 Å². The molecule has 0 bridgehead atoms. The molecule has 5 nitrogen and oxygen atoms in total. The summed E-state index contributed by atoms with van der Waals surface area (Å²) in [7, 11) is 1.62. The number of thioether (sulfide) groups is 1. The van der Waals surface area contributed by atoms with Gasteiger partial charge >= 0.3 is 0 Å². The number of carbonyl (C=O) groups excluding carboxylic acids is 2. The van der Waals surface area contributed by atoms with E-state index in [-0.39, 0.29) is 11.1 Å². The minimum absolute atomic E-state index is 0.0787. The van der Waals surface area contributed by atoms with Crippen molar-refractivity contribution in [1.29, 1.82) is 0 Å². The van der Waals surface area contributed by atoms with Crippen LogP contribution in [0, 0.1) is 0 Å². The third-order valence-corrected chi connectivity index (χ3v) is 5.67. The lowest BCUT2D eigenvalue weighted by Crippen LogP contribution is -2.32. The van der Waals surface area contributed by atoms with Crippen molar-refractivity contribution in [3.05, 3.63) is 34.7 Å². The number of thiocarbonyl (C=S) groups is 1. The Morgan fingerprint density at radius 2 is 1.92 bits per heavy atom. The van der Waals surface area contributed by atoms with Crippen molar-refractivity contribution < 1.29 is 14.3 Å². The zero-order valence-corrected chi connectivity index (χ0v) is 17.0. The quantitative estimate of drug-likeness (QED) is 0.491. The minimum atomic E-state index is -0.0787. The SMILES string of the molecule is CCN(CC)C(=O)CCCN1C(=O)S/C(=C/c2ccc(OC)cc2)C1=S. The number of benzene rings is 1. The number of nitrogens with zero attached hydrogens (tertiary/aromatic N) is 2. The van der Waals surface area contributed by atoms with Gasteiger partial charge in [-0.1, -0.05) is 24.4 Å². The van der Waals surface area contributed by atoms with Crippen LogP contribution >= 0.6 is 24.0 Å². The van der Waals surface area contributed by atoms with Gasteiger partial charge in [0.25, 0.3) is 5.24 Å². The fourth-order valence-corrected chi connectivity index (χ4v) is 3.96. The first kappa shape index (κ1) is 20.5. The molecule has 1 aliphatic rings. The lowest BCUT2D eigenvalue weighted by atomic mass is 10.2. The lowest BCUT2D eigenvalue weighted by molar-refractivity contribution is -0.130. The van der Waals surface area contributed by atoms with Crippen LogP contribution in [0.25, 0.3) is 6.08 Å². The van der Waals surface area contributed by atoms with Crippen LogP contribution in [0.3, 0.4) is 0 Å². The molecule has 1 saturated heterocycles. The van der Waals surface area contributed by atoms with Crippen molar-refractivity contribution >= 4 is 46.2 Å². The maximum atomic E-state index is 12.3. The van der Waals surface area contributed by atoms with Crippen molar-refractivity contribution in [3.8, 4) is 5.75 Å². The third kappa shape index (κ3) is 5.08. The predicted molar refractivity (Wildman–Crippen MR) is 110 cm³/mol. The van der Waals surface area contributed by atoms with E-state index in [0.29, 0.717) is 37.5 Å². The Morgan fingerprint density at radius 3 is 2.50 bits per heavy atom. The largest absolute Gasteiger partial charge is 0.497 e. The maximum absolute atomic E-state index is 12.3. The van der Waals surface area contributed by atoms with Crippen LogP contribution < -0.4 is 4.74 Å². The van der Waals surface area contributed by atoms with Crippen LogP contribution in [0.15, 0.2) is 29.2 Å². The van der Waals surface area contributed by atoms with Crippen molar-refractivity contribution in [1.82, 2.24) is 9.80 Å². The number of hydrogen-bond donors (Lipinski definition) is 0.